The first kappa shape index (κ1) is 13.0. The van der Waals surface area contributed by atoms with E-state index in [1.165, 1.54) is 0 Å². The summed E-state index contributed by atoms with van der Waals surface area (Å²) in [5, 5.41) is -0.273. The van der Waals surface area contributed by atoms with Crippen molar-refractivity contribution in [3.05, 3.63) is 28.3 Å². The first-order valence-corrected chi connectivity index (χ1v) is 4.41. The predicted octanol–water partition coefficient (Wildman–Crippen LogP) is 4.27. The van der Waals surface area contributed by atoms with E-state index in [1.54, 1.807) is 0 Å². The Hall–Kier alpha value is -1.04. The maximum atomic E-state index is 12.4. The lowest BCUT2D eigenvalue weighted by Gasteiger charge is -2.13. The summed E-state index contributed by atoms with van der Waals surface area (Å²) in [4.78, 5) is 0. The zero-order valence-corrected chi connectivity index (χ0v) is 8.66. The largest absolute Gasteiger partial charge is 0.435 e. The number of benzene rings is 1. The van der Waals surface area contributed by atoms with Gasteiger partial charge in [-0.15, -0.1) is 0 Å². The molecule has 0 radical (unpaired) electrons. The highest BCUT2D eigenvalue weighted by atomic mass is 35.5. The molecule has 0 amide bonds. The zero-order valence-electron chi connectivity index (χ0n) is 7.91. The Kier molecular flexibility index (Phi) is 3.62. The Morgan fingerprint density at radius 3 is 2.25 bits per heavy atom. The van der Waals surface area contributed by atoms with Gasteiger partial charge in [0.25, 0.3) is 0 Å². The number of alkyl halides is 5. The first-order valence-electron chi connectivity index (χ1n) is 4.04. The molecule has 0 aromatic heterocycles. The van der Waals surface area contributed by atoms with Crippen LogP contribution in [0.1, 0.15) is 11.1 Å². The van der Waals surface area contributed by atoms with Gasteiger partial charge < -0.3 is 4.74 Å². The average molecular weight is 261 g/mol. The van der Waals surface area contributed by atoms with Gasteiger partial charge in [0.05, 0.1) is 5.56 Å². The Morgan fingerprint density at radius 2 is 1.81 bits per heavy atom. The predicted molar refractivity (Wildman–Crippen MR) is 47.8 cm³/mol. The maximum absolute atomic E-state index is 12.4. The van der Waals surface area contributed by atoms with E-state index >= 15 is 0 Å². The highest BCUT2D eigenvalue weighted by Gasteiger charge is 2.34. The van der Waals surface area contributed by atoms with Gasteiger partial charge in [-0.1, -0.05) is 11.6 Å². The lowest BCUT2D eigenvalue weighted by Crippen LogP contribution is -2.10. The van der Waals surface area contributed by atoms with Crippen molar-refractivity contribution in [1.29, 1.82) is 0 Å². The molecule has 0 aliphatic carbocycles. The third-order valence-corrected chi connectivity index (χ3v) is 2.24. The summed E-state index contributed by atoms with van der Waals surface area (Å²) < 4.78 is 64.9. The van der Waals surface area contributed by atoms with Crippen molar-refractivity contribution in [1.82, 2.24) is 0 Å². The van der Waals surface area contributed by atoms with Crippen molar-refractivity contribution in [3.63, 3.8) is 0 Å². The van der Waals surface area contributed by atoms with Crippen molar-refractivity contribution in [2.24, 2.45) is 0 Å². The third kappa shape index (κ3) is 2.98. The second-order valence-corrected chi connectivity index (χ2v) is 3.36. The van der Waals surface area contributed by atoms with Crippen LogP contribution in [0.5, 0.6) is 5.75 Å². The van der Waals surface area contributed by atoms with Crippen LogP contribution in [0.15, 0.2) is 12.1 Å². The van der Waals surface area contributed by atoms with Crippen LogP contribution in [-0.4, -0.2) is 6.61 Å². The van der Waals surface area contributed by atoms with E-state index in [-0.39, 0.29) is 10.6 Å². The number of halogens is 6. The fourth-order valence-electron chi connectivity index (χ4n) is 1.12. The number of hydrogen-bond donors (Lipinski definition) is 0. The van der Waals surface area contributed by atoms with Crippen molar-refractivity contribution in [2.45, 2.75) is 19.7 Å². The number of rotatable bonds is 2. The van der Waals surface area contributed by atoms with Crippen LogP contribution in [0, 0.1) is 6.92 Å². The summed E-state index contributed by atoms with van der Waals surface area (Å²) in [5.41, 5.74) is -1.31. The molecule has 1 rings (SSSR count). The van der Waals surface area contributed by atoms with E-state index in [0.717, 1.165) is 13.0 Å². The van der Waals surface area contributed by atoms with Gasteiger partial charge >= 0.3 is 12.8 Å². The maximum Gasteiger partial charge on any atom is 0.416 e. The highest BCUT2D eigenvalue weighted by molar-refractivity contribution is 6.31. The molecule has 0 atom stereocenters. The van der Waals surface area contributed by atoms with E-state index < -0.39 is 24.1 Å². The van der Waals surface area contributed by atoms with Crippen LogP contribution in [-0.2, 0) is 6.18 Å². The second kappa shape index (κ2) is 4.45. The van der Waals surface area contributed by atoms with E-state index in [4.69, 9.17) is 11.6 Å². The van der Waals surface area contributed by atoms with Crippen molar-refractivity contribution >= 4 is 11.6 Å². The summed E-state index contributed by atoms with van der Waals surface area (Å²) >= 11 is 5.48. The minimum absolute atomic E-state index is 0.226. The van der Waals surface area contributed by atoms with Gasteiger partial charge in [-0.2, -0.15) is 22.0 Å². The SMILES string of the molecule is Cc1c(Cl)cc(OC(F)F)cc1C(F)(F)F. The molecule has 0 N–H and O–H groups in total. The van der Waals surface area contributed by atoms with Crippen LogP contribution < -0.4 is 4.74 Å². The molecule has 1 nitrogen and oxygen atoms in total. The van der Waals surface area contributed by atoms with E-state index in [1.807, 2.05) is 0 Å². The van der Waals surface area contributed by atoms with Gasteiger partial charge in [-0.3, -0.25) is 0 Å². The minimum atomic E-state index is -4.66. The Morgan fingerprint density at radius 1 is 1.25 bits per heavy atom. The minimum Gasteiger partial charge on any atom is -0.435 e. The van der Waals surface area contributed by atoms with Crippen LogP contribution >= 0.6 is 11.6 Å². The van der Waals surface area contributed by atoms with Gasteiger partial charge in [0.2, 0.25) is 0 Å². The van der Waals surface area contributed by atoms with Gasteiger partial charge in [0.1, 0.15) is 5.75 Å². The van der Waals surface area contributed by atoms with Gasteiger partial charge in [0.15, 0.2) is 0 Å². The van der Waals surface area contributed by atoms with E-state index in [0.29, 0.717) is 6.07 Å². The molecular formula is C9H6ClF5O. The molecular weight excluding hydrogens is 255 g/mol. The molecule has 1 aromatic rings. The summed E-state index contributed by atoms with van der Waals surface area (Å²) in [6.45, 7) is -2.04. The quantitative estimate of drug-likeness (QED) is 0.722. The molecule has 0 aliphatic rings. The first-order chi connectivity index (χ1) is 7.21. The van der Waals surface area contributed by atoms with Crippen molar-refractivity contribution in [3.8, 4) is 5.75 Å². The smallest absolute Gasteiger partial charge is 0.416 e. The summed E-state index contributed by atoms with van der Waals surface area (Å²) in [6.07, 6.45) is -4.66. The molecule has 1 aromatic carbocycles. The molecule has 16 heavy (non-hydrogen) atoms. The zero-order chi connectivity index (χ0) is 12.5. The fraction of sp³-hybridized carbons (Fsp3) is 0.333. The van der Waals surface area contributed by atoms with Crippen LogP contribution in [0.3, 0.4) is 0 Å². The molecule has 0 spiro atoms. The Labute approximate surface area is 92.8 Å². The Bertz CT molecular complexity index is 388. The van der Waals surface area contributed by atoms with Crippen LogP contribution in [0.2, 0.25) is 5.02 Å². The molecule has 0 bridgehead atoms. The van der Waals surface area contributed by atoms with Gasteiger partial charge in [-0.25, -0.2) is 0 Å². The summed E-state index contributed by atoms with van der Waals surface area (Å²) in [5.74, 6) is -0.613. The van der Waals surface area contributed by atoms with Crippen molar-refractivity contribution < 1.29 is 26.7 Å². The summed E-state index contributed by atoms with van der Waals surface area (Å²) in [7, 11) is 0. The Balaban J connectivity index is 3.23. The average Bonchev–Trinajstić information content (AvgIpc) is 2.08. The molecule has 0 unspecified atom stereocenters. The molecule has 7 heteroatoms. The van der Waals surface area contributed by atoms with Crippen molar-refractivity contribution in [2.75, 3.05) is 0 Å². The normalized spacial score (nSPS) is 12.0. The highest BCUT2D eigenvalue weighted by Crippen LogP contribution is 2.37. The number of hydrogen-bond acceptors (Lipinski definition) is 1. The second-order valence-electron chi connectivity index (χ2n) is 2.95. The lowest BCUT2D eigenvalue weighted by molar-refractivity contribution is -0.138. The molecule has 0 saturated carbocycles. The molecule has 0 fully saturated rings. The van der Waals surface area contributed by atoms with Gasteiger partial charge in [-0.05, 0) is 24.6 Å². The molecule has 0 aliphatic heterocycles. The van der Waals surface area contributed by atoms with Gasteiger partial charge in [0, 0.05) is 5.02 Å². The van der Waals surface area contributed by atoms with E-state index in [2.05, 4.69) is 4.74 Å². The van der Waals surface area contributed by atoms with E-state index in [9.17, 15) is 22.0 Å². The summed E-state index contributed by atoms with van der Waals surface area (Å²) in [6, 6.07) is 1.41. The molecule has 90 valence electrons. The fourth-order valence-corrected chi connectivity index (χ4v) is 1.33. The van der Waals surface area contributed by atoms with Crippen LogP contribution in [0.4, 0.5) is 22.0 Å². The van der Waals surface area contributed by atoms with Crippen LogP contribution in [0.25, 0.3) is 0 Å². The molecule has 0 heterocycles. The lowest BCUT2D eigenvalue weighted by atomic mass is 10.1. The third-order valence-electron chi connectivity index (χ3n) is 1.85. The monoisotopic (exact) mass is 260 g/mol. The number of ether oxygens (including phenoxy) is 1. The topological polar surface area (TPSA) is 9.23 Å². The molecule has 0 saturated heterocycles. The standard InChI is InChI=1S/C9H6ClF5O/c1-4-6(9(13,14)15)2-5(3-7(4)10)16-8(11)12/h2-3,8H,1H3.